The van der Waals surface area contributed by atoms with Crippen molar-refractivity contribution in [2.45, 2.75) is 25.9 Å². The van der Waals surface area contributed by atoms with E-state index in [2.05, 4.69) is 10.3 Å². The van der Waals surface area contributed by atoms with Crippen molar-refractivity contribution >= 4 is 34.5 Å². The standard InChI is InChI=1S/C25H21FN4O2/c1-16-10-12-17(13-11-16)15-29-24(32)22(14-23(31)27-19-7-3-2-6-18(19)26)30-21-9-5-4-8-20(21)28-25(29)30/h2-13,22H,14-15H2,1H3,(H,27,31)/t22-/m1/s1. The second kappa shape index (κ2) is 7.92. The summed E-state index contributed by atoms with van der Waals surface area (Å²) in [5.41, 5.74) is 3.74. The van der Waals surface area contributed by atoms with Gasteiger partial charge in [0.2, 0.25) is 11.9 Å². The van der Waals surface area contributed by atoms with Gasteiger partial charge in [-0.2, -0.15) is 0 Å². The third-order valence-corrected chi connectivity index (χ3v) is 5.67. The third-order valence-electron chi connectivity index (χ3n) is 5.67. The highest BCUT2D eigenvalue weighted by Crippen LogP contribution is 2.37. The summed E-state index contributed by atoms with van der Waals surface area (Å²) in [5, 5.41) is 2.58. The number of amides is 2. The molecule has 6 nitrogen and oxygen atoms in total. The number of aryl methyl sites for hydroxylation is 1. The molecule has 32 heavy (non-hydrogen) atoms. The van der Waals surface area contributed by atoms with E-state index in [0.29, 0.717) is 12.5 Å². The molecule has 2 amide bonds. The van der Waals surface area contributed by atoms with Crippen LogP contribution in [-0.4, -0.2) is 21.4 Å². The van der Waals surface area contributed by atoms with Crippen LogP contribution in [0.4, 0.5) is 16.0 Å². The van der Waals surface area contributed by atoms with Crippen LogP contribution in [0.25, 0.3) is 11.0 Å². The Balaban J connectivity index is 1.48. The number of nitrogens with zero attached hydrogens (tertiary/aromatic N) is 3. The molecular formula is C25H21FN4O2. The average Bonchev–Trinajstić information content (AvgIpc) is 3.27. The molecule has 0 spiro atoms. The van der Waals surface area contributed by atoms with Crippen LogP contribution in [-0.2, 0) is 16.1 Å². The molecule has 1 aromatic heterocycles. The predicted octanol–water partition coefficient (Wildman–Crippen LogP) is 4.60. The fourth-order valence-electron chi connectivity index (χ4n) is 4.06. The number of benzene rings is 3. The van der Waals surface area contributed by atoms with E-state index in [-0.39, 0.29) is 18.0 Å². The molecule has 4 aromatic rings. The topological polar surface area (TPSA) is 67.2 Å². The number of para-hydroxylation sites is 3. The Morgan fingerprint density at radius 2 is 1.75 bits per heavy atom. The van der Waals surface area contributed by atoms with Crippen molar-refractivity contribution in [2.75, 3.05) is 10.2 Å². The molecular weight excluding hydrogens is 407 g/mol. The van der Waals surface area contributed by atoms with Gasteiger partial charge in [-0.25, -0.2) is 9.37 Å². The molecule has 0 aliphatic carbocycles. The molecule has 0 radical (unpaired) electrons. The van der Waals surface area contributed by atoms with Gasteiger partial charge >= 0.3 is 0 Å². The lowest BCUT2D eigenvalue weighted by atomic mass is 10.1. The molecule has 5 rings (SSSR count). The van der Waals surface area contributed by atoms with Gasteiger partial charge in [0, 0.05) is 0 Å². The highest BCUT2D eigenvalue weighted by molar-refractivity contribution is 6.05. The highest BCUT2D eigenvalue weighted by Gasteiger charge is 2.40. The van der Waals surface area contributed by atoms with Crippen molar-refractivity contribution in [3.05, 3.63) is 89.7 Å². The molecule has 1 aliphatic rings. The van der Waals surface area contributed by atoms with Gasteiger partial charge in [0.15, 0.2) is 0 Å². The van der Waals surface area contributed by atoms with Crippen LogP contribution in [0.3, 0.4) is 0 Å². The number of aromatic nitrogens is 2. The van der Waals surface area contributed by atoms with Crippen LogP contribution >= 0.6 is 0 Å². The summed E-state index contributed by atoms with van der Waals surface area (Å²) in [6.07, 6.45) is -0.120. The monoisotopic (exact) mass is 428 g/mol. The Morgan fingerprint density at radius 1 is 1.03 bits per heavy atom. The second-order valence-electron chi connectivity index (χ2n) is 7.93. The number of fused-ring (bicyclic) bond motifs is 3. The van der Waals surface area contributed by atoms with Crippen molar-refractivity contribution in [1.29, 1.82) is 0 Å². The number of anilines is 2. The molecule has 0 bridgehead atoms. The number of hydrogen-bond acceptors (Lipinski definition) is 3. The van der Waals surface area contributed by atoms with E-state index in [1.165, 1.54) is 12.1 Å². The number of nitrogens with one attached hydrogen (secondary N) is 1. The Labute approximate surface area is 184 Å². The van der Waals surface area contributed by atoms with Crippen LogP contribution in [0.5, 0.6) is 0 Å². The first-order valence-corrected chi connectivity index (χ1v) is 10.4. The molecule has 1 atom stereocenters. The molecule has 0 fully saturated rings. The minimum atomic E-state index is -0.755. The van der Waals surface area contributed by atoms with Crippen molar-refractivity contribution in [2.24, 2.45) is 0 Å². The Bertz CT molecular complexity index is 1330. The number of hydrogen-bond donors (Lipinski definition) is 1. The van der Waals surface area contributed by atoms with E-state index >= 15 is 0 Å². The van der Waals surface area contributed by atoms with E-state index in [1.54, 1.807) is 17.0 Å². The summed E-state index contributed by atoms with van der Waals surface area (Å²) in [4.78, 5) is 32.4. The zero-order valence-corrected chi connectivity index (χ0v) is 17.5. The average molecular weight is 428 g/mol. The maximum atomic E-state index is 14.0. The van der Waals surface area contributed by atoms with Gasteiger partial charge in [0.1, 0.15) is 11.9 Å². The van der Waals surface area contributed by atoms with E-state index in [1.807, 2.05) is 60.0 Å². The largest absolute Gasteiger partial charge is 0.324 e. The summed E-state index contributed by atoms with van der Waals surface area (Å²) >= 11 is 0. The molecule has 0 unspecified atom stereocenters. The summed E-state index contributed by atoms with van der Waals surface area (Å²) in [6, 6.07) is 20.7. The smallest absolute Gasteiger partial charge is 0.253 e. The van der Waals surface area contributed by atoms with E-state index in [9.17, 15) is 14.0 Å². The minimum Gasteiger partial charge on any atom is -0.324 e. The zero-order valence-electron chi connectivity index (χ0n) is 17.5. The van der Waals surface area contributed by atoms with Crippen LogP contribution in [0.1, 0.15) is 23.6 Å². The van der Waals surface area contributed by atoms with Crippen LogP contribution in [0, 0.1) is 12.7 Å². The lowest BCUT2D eigenvalue weighted by Crippen LogP contribution is -2.31. The molecule has 7 heteroatoms. The fourth-order valence-corrected chi connectivity index (χ4v) is 4.06. The highest BCUT2D eigenvalue weighted by atomic mass is 19.1. The molecule has 0 saturated carbocycles. The summed E-state index contributed by atoms with van der Waals surface area (Å²) in [5.74, 6) is -0.647. The molecule has 1 aliphatic heterocycles. The van der Waals surface area contributed by atoms with Crippen LogP contribution in [0.15, 0.2) is 72.8 Å². The number of imidazole rings is 1. The fraction of sp³-hybridized carbons (Fsp3) is 0.160. The molecule has 0 saturated heterocycles. The number of halogens is 1. The number of carbonyl (C=O) groups excluding carboxylic acids is 2. The second-order valence-corrected chi connectivity index (χ2v) is 7.93. The Kier molecular flexibility index (Phi) is 4.93. The third kappa shape index (κ3) is 3.51. The van der Waals surface area contributed by atoms with E-state index in [4.69, 9.17) is 0 Å². The molecule has 2 heterocycles. The van der Waals surface area contributed by atoms with Crippen molar-refractivity contribution in [3.63, 3.8) is 0 Å². The van der Waals surface area contributed by atoms with Gasteiger partial charge in [-0.3, -0.25) is 19.1 Å². The number of rotatable bonds is 5. The van der Waals surface area contributed by atoms with Gasteiger partial charge in [-0.1, -0.05) is 54.1 Å². The van der Waals surface area contributed by atoms with Gasteiger partial charge in [0.05, 0.1) is 29.7 Å². The Hall–Kier alpha value is -4.00. The number of carbonyl (C=O) groups is 2. The minimum absolute atomic E-state index is 0.0928. The van der Waals surface area contributed by atoms with Crippen LogP contribution < -0.4 is 10.2 Å². The van der Waals surface area contributed by atoms with Crippen molar-refractivity contribution < 1.29 is 14.0 Å². The van der Waals surface area contributed by atoms with Crippen molar-refractivity contribution in [3.8, 4) is 0 Å². The maximum Gasteiger partial charge on any atom is 0.253 e. The quantitative estimate of drug-likeness (QED) is 0.505. The maximum absolute atomic E-state index is 14.0. The first-order chi connectivity index (χ1) is 15.5. The normalized spacial score (nSPS) is 15.2. The molecule has 1 N–H and O–H groups in total. The van der Waals surface area contributed by atoms with Gasteiger partial charge in [0.25, 0.3) is 5.91 Å². The summed E-state index contributed by atoms with van der Waals surface area (Å²) < 4.78 is 15.8. The summed E-state index contributed by atoms with van der Waals surface area (Å²) in [7, 11) is 0. The molecule has 160 valence electrons. The van der Waals surface area contributed by atoms with Gasteiger partial charge in [-0.05, 0) is 36.8 Å². The summed E-state index contributed by atoms with van der Waals surface area (Å²) in [6.45, 7) is 2.36. The first-order valence-electron chi connectivity index (χ1n) is 10.4. The van der Waals surface area contributed by atoms with Crippen LogP contribution in [0.2, 0.25) is 0 Å². The van der Waals surface area contributed by atoms with Crippen molar-refractivity contribution in [1.82, 2.24) is 9.55 Å². The molecule has 3 aromatic carbocycles. The van der Waals surface area contributed by atoms with Gasteiger partial charge < -0.3 is 5.32 Å². The lowest BCUT2D eigenvalue weighted by molar-refractivity contribution is -0.124. The van der Waals surface area contributed by atoms with E-state index < -0.39 is 17.8 Å². The zero-order chi connectivity index (χ0) is 22.2. The SMILES string of the molecule is Cc1ccc(CN2C(=O)[C@@H](CC(=O)Nc3ccccc3F)n3c2nc2ccccc23)cc1. The van der Waals surface area contributed by atoms with Gasteiger partial charge in [-0.15, -0.1) is 0 Å². The lowest BCUT2D eigenvalue weighted by Gasteiger charge is -2.16. The predicted molar refractivity (Wildman–Crippen MR) is 121 cm³/mol. The van der Waals surface area contributed by atoms with E-state index in [0.717, 1.165) is 22.2 Å². The Morgan fingerprint density at radius 3 is 2.53 bits per heavy atom. The first kappa shape index (κ1) is 19.9.